The van der Waals surface area contributed by atoms with Crippen molar-refractivity contribution in [3.63, 3.8) is 0 Å². The standard InChI is InChI=1S/C31H54N4O4/c1-29(2,3)38-27(36)33-26(32-22-31-19-23-16-24(20-31)18-25(17-23)21-31)35(28(37)39-30(4,5)6)15-9-7-8-12-34-13-10-11-14-34/h23-25H,7-22H2,1-6H3,(H,32,33,36). The minimum atomic E-state index is -0.651. The predicted octanol–water partition coefficient (Wildman–Crippen LogP) is 6.59. The summed E-state index contributed by atoms with van der Waals surface area (Å²) < 4.78 is 11.4. The average Bonchev–Trinajstić information content (AvgIpc) is 3.29. The number of hydrogen-bond donors (Lipinski definition) is 1. The molecule has 1 N–H and O–H groups in total. The van der Waals surface area contributed by atoms with E-state index in [2.05, 4.69) is 10.2 Å². The molecule has 8 nitrogen and oxygen atoms in total. The molecule has 222 valence electrons. The van der Waals surface area contributed by atoms with Gasteiger partial charge in [-0.05, 0) is 149 Å². The number of rotatable bonds is 8. The molecule has 0 unspecified atom stereocenters. The molecule has 0 aromatic heterocycles. The summed E-state index contributed by atoms with van der Waals surface area (Å²) in [5.41, 5.74) is -1.12. The lowest BCUT2D eigenvalue weighted by molar-refractivity contribution is -0.0467. The van der Waals surface area contributed by atoms with Gasteiger partial charge in [-0.15, -0.1) is 0 Å². The maximum atomic E-state index is 13.5. The van der Waals surface area contributed by atoms with E-state index in [1.54, 1.807) is 4.90 Å². The number of ether oxygens (including phenoxy) is 2. The van der Waals surface area contributed by atoms with E-state index in [9.17, 15) is 9.59 Å². The molecule has 8 heteroatoms. The zero-order valence-electron chi connectivity index (χ0n) is 25.5. The van der Waals surface area contributed by atoms with Gasteiger partial charge in [-0.3, -0.25) is 10.3 Å². The van der Waals surface area contributed by atoms with E-state index < -0.39 is 23.4 Å². The van der Waals surface area contributed by atoms with Gasteiger partial charge >= 0.3 is 12.2 Å². The number of hydrogen-bond acceptors (Lipinski definition) is 6. The van der Waals surface area contributed by atoms with Gasteiger partial charge in [-0.2, -0.15) is 0 Å². The maximum absolute atomic E-state index is 13.5. The molecule has 0 aromatic rings. The topological polar surface area (TPSA) is 83.5 Å². The fraction of sp³-hybridized carbons (Fsp3) is 0.903. The van der Waals surface area contributed by atoms with Crippen LogP contribution in [-0.4, -0.2) is 71.9 Å². The van der Waals surface area contributed by atoms with Crippen molar-refractivity contribution in [2.45, 2.75) is 123 Å². The third kappa shape index (κ3) is 9.09. The minimum absolute atomic E-state index is 0.185. The third-order valence-corrected chi connectivity index (χ3v) is 8.77. The van der Waals surface area contributed by atoms with Crippen molar-refractivity contribution >= 4 is 18.1 Å². The highest BCUT2D eigenvalue weighted by Gasteiger charge is 2.50. The molecule has 0 radical (unpaired) electrons. The Hall–Kier alpha value is -1.83. The Kier molecular flexibility index (Phi) is 9.55. The van der Waals surface area contributed by atoms with Crippen molar-refractivity contribution in [3.05, 3.63) is 0 Å². The Morgan fingerprint density at radius 1 is 0.872 bits per heavy atom. The average molecular weight is 547 g/mol. The van der Waals surface area contributed by atoms with Crippen molar-refractivity contribution in [1.29, 1.82) is 0 Å². The molecule has 4 aliphatic carbocycles. The van der Waals surface area contributed by atoms with Crippen LogP contribution in [0, 0.1) is 23.2 Å². The molecular formula is C31H54N4O4. The lowest BCUT2D eigenvalue weighted by atomic mass is 9.49. The predicted molar refractivity (Wildman–Crippen MR) is 155 cm³/mol. The van der Waals surface area contributed by atoms with Crippen LogP contribution in [0.2, 0.25) is 0 Å². The Balaban J connectivity index is 1.49. The van der Waals surface area contributed by atoms with Gasteiger partial charge in [-0.25, -0.2) is 14.5 Å². The number of aliphatic imine (C=N–C) groups is 1. The minimum Gasteiger partial charge on any atom is -0.444 e. The lowest BCUT2D eigenvalue weighted by Gasteiger charge is -2.56. The van der Waals surface area contributed by atoms with Crippen molar-refractivity contribution in [1.82, 2.24) is 15.1 Å². The van der Waals surface area contributed by atoms with Gasteiger partial charge in [0.05, 0.1) is 0 Å². The smallest absolute Gasteiger partial charge is 0.417 e. The molecule has 0 atom stereocenters. The number of carbonyl (C=O) groups is 2. The summed E-state index contributed by atoms with van der Waals surface area (Å²) in [6.45, 7) is 15.7. The van der Waals surface area contributed by atoms with E-state index in [0.29, 0.717) is 13.1 Å². The van der Waals surface area contributed by atoms with Crippen LogP contribution >= 0.6 is 0 Å². The zero-order valence-corrected chi connectivity index (χ0v) is 25.5. The number of nitrogens with one attached hydrogen (secondary N) is 1. The number of carbonyl (C=O) groups excluding carboxylic acids is 2. The second-order valence-corrected chi connectivity index (χ2v) is 14.9. The van der Waals surface area contributed by atoms with Crippen LogP contribution in [0.4, 0.5) is 9.59 Å². The normalized spacial score (nSPS) is 29.0. The quantitative estimate of drug-likeness (QED) is 0.211. The monoisotopic (exact) mass is 546 g/mol. The second kappa shape index (κ2) is 12.4. The van der Waals surface area contributed by atoms with E-state index in [4.69, 9.17) is 14.5 Å². The van der Waals surface area contributed by atoms with E-state index >= 15 is 0 Å². The van der Waals surface area contributed by atoms with E-state index in [1.807, 2.05) is 41.5 Å². The highest BCUT2D eigenvalue weighted by molar-refractivity contribution is 6.01. The number of unbranched alkanes of at least 4 members (excludes halogenated alkanes) is 2. The number of likely N-dealkylation sites (tertiary alicyclic amines) is 1. The van der Waals surface area contributed by atoms with E-state index in [-0.39, 0.29) is 11.4 Å². The van der Waals surface area contributed by atoms with Crippen LogP contribution in [0.1, 0.15) is 112 Å². The van der Waals surface area contributed by atoms with Gasteiger partial charge in [0.15, 0.2) is 0 Å². The van der Waals surface area contributed by atoms with Crippen molar-refractivity contribution < 1.29 is 19.1 Å². The van der Waals surface area contributed by atoms with Gasteiger partial charge < -0.3 is 14.4 Å². The summed E-state index contributed by atoms with van der Waals surface area (Å²) in [6.07, 6.45) is 12.2. The van der Waals surface area contributed by atoms with E-state index in [1.165, 1.54) is 64.5 Å². The molecule has 5 aliphatic rings. The van der Waals surface area contributed by atoms with Crippen LogP contribution in [0.15, 0.2) is 4.99 Å². The Morgan fingerprint density at radius 2 is 1.44 bits per heavy atom. The molecule has 5 rings (SSSR count). The number of alkyl carbamates (subject to hydrolysis) is 1. The van der Waals surface area contributed by atoms with Gasteiger partial charge in [0.25, 0.3) is 0 Å². The SMILES string of the molecule is CC(C)(C)OC(=O)NC(=NCC12CC3CC(CC(C3)C1)C2)N(CCCCCN1CCCC1)C(=O)OC(C)(C)C. The summed E-state index contributed by atoms with van der Waals surface area (Å²) >= 11 is 0. The van der Waals surface area contributed by atoms with Crippen LogP contribution in [0.3, 0.4) is 0 Å². The first-order valence-electron chi connectivity index (χ1n) is 15.6. The Morgan fingerprint density at radius 3 is 1.97 bits per heavy atom. The summed E-state index contributed by atoms with van der Waals surface area (Å²) in [7, 11) is 0. The van der Waals surface area contributed by atoms with Gasteiger partial charge in [0.2, 0.25) is 5.96 Å². The maximum Gasteiger partial charge on any atom is 0.417 e. The largest absolute Gasteiger partial charge is 0.444 e. The van der Waals surface area contributed by atoms with Gasteiger partial charge in [0.1, 0.15) is 11.2 Å². The third-order valence-electron chi connectivity index (χ3n) is 8.77. The number of amides is 2. The molecular weight excluding hydrogens is 492 g/mol. The molecule has 1 heterocycles. The molecule has 1 saturated heterocycles. The second-order valence-electron chi connectivity index (χ2n) is 14.9. The van der Waals surface area contributed by atoms with Crippen LogP contribution < -0.4 is 5.32 Å². The van der Waals surface area contributed by atoms with E-state index in [0.717, 1.165) is 43.6 Å². The fourth-order valence-corrected chi connectivity index (χ4v) is 7.70. The summed E-state index contributed by atoms with van der Waals surface area (Å²) in [6, 6.07) is 0. The highest BCUT2D eigenvalue weighted by atomic mass is 16.6. The van der Waals surface area contributed by atoms with Gasteiger partial charge in [-0.1, -0.05) is 6.42 Å². The Bertz CT molecular complexity index is 847. The first-order valence-corrected chi connectivity index (χ1v) is 15.6. The fourth-order valence-electron chi connectivity index (χ4n) is 7.70. The molecule has 4 saturated carbocycles. The van der Waals surface area contributed by atoms with Gasteiger partial charge in [0, 0.05) is 13.1 Å². The summed E-state index contributed by atoms with van der Waals surface area (Å²) in [5, 5.41) is 2.86. The van der Waals surface area contributed by atoms with Crippen LogP contribution in [0.5, 0.6) is 0 Å². The molecule has 0 aromatic carbocycles. The number of guanidine groups is 1. The highest BCUT2D eigenvalue weighted by Crippen LogP contribution is 2.60. The molecule has 1 aliphatic heterocycles. The molecule has 39 heavy (non-hydrogen) atoms. The zero-order chi connectivity index (χ0) is 28.3. The number of nitrogens with zero attached hydrogens (tertiary/aromatic N) is 3. The molecule has 0 spiro atoms. The molecule has 2 amide bonds. The summed E-state index contributed by atoms with van der Waals surface area (Å²) in [5.74, 6) is 2.71. The van der Waals surface area contributed by atoms with Crippen molar-refractivity contribution in [2.75, 3.05) is 32.7 Å². The van der Waals surface area contributed by atoms with Crippen molar-refractivity contribution in [2.24, 2.45) is 28.2 Å². The Labute approximate surface area is 236 Å². The lowest BCUT2D eigenvalue weighted by Crippen LogP contribution is -2.51. The molecule has 4 bridgehead atoms. The van der Waals surface area contributed by atoms with Crippen LogP contribution in [-0.2, 0) is 9.47 Å². The molecule has 5 fully saturated rings. The first-order chi connectivity index (χ1) is 18.3. The first kappa shape index (κ1) is 30.1. The van der Waals surface area contributed by atoms with Crippen LogP contribution in [0.25, 0.3) is 0 Å². The summed E-state index contributed by atoms with van der Waals surface area (Å²) in [4.78, 5) is 35.5. The van der Waals surface area contributed by atoms with Crippen molar-refractivity contribution in [3.8, 4) is 0 Å².